The molecular formula is C20H13Cl3F2N2O2. The molecule has 0 radical (unpaired) electrons. The van der Waals surface area contributed by atoms with Crippen LogP contribution in [-0.4, -0.2) is 10.1 Å². The van der Waals surface area contributed by atoms with Gasteiger partial charge in [-0.1, -0.05) is 46.9 Å². The zero-order valence-electron chi connectivity index (χ0n) is 15.1. The second-order valence-electron chi connectivity index (χ2n) is 5.76. The lowest BCUT2D eigenvalue weighted by Crippen LogP contribution is -1.95. The first kappa shape index (κ1) is 22.7. The van der Waals surface area contributed by atoms with Crippen molar-refractivity contribution in [3.8, 4) is 23.4 Å². The highest BCUT2D eigenvalue weighted by Gasteiger charge is 2.14. The summed E-state index contributed by atoms with van der Waals surface area (Å²) in [6, 6.07) is 10.7. The molecule has 0 amide bonds. The predicted octanol–water partition coefficient (Wildman–Crippen LogP) is 6.99. The van der Waals surface area contributed by atoms with Gasteiger partial charge in [-0.05, 0) is 43.2 Å². The first-order valence-corrected chi connectivity index (χ1v) is 9.11. The van der Waals surface area contributed by atoms with E-state index in [-0.39, 0.29) is 32.4 Å². The van der Waals surface area contributed by atoms with Crippen LogP contribution in [0.1, 0.15) is 16.7 Å². The number of pyridine rings is 1. The lowest BCUT2D eigenvalue weighted by molar-refractivity contribution is 0.426. The SMILES string of the molecule is Cc1ccc(Cl)c(O)c1F.Cc1ccc(Cl)c(Oc2cc(C#N)cc(Cl)n2)c1F. The lowest BCUT2D eigenvalue weighted by atomic mass is 10.2. The summed E-state index contributed by atoms with van der Waals surface area (Å²) in [6.45, 7) is 3.15. The molecule has 0 aliphatic rings. The Bertz CT molecular complexity index is 1080. The van der Waals surface area contributed by atoms with Crippen molar-refractivity contribution in [1.29, 1.82) is 5.26 Å². The van der Waals surface area contributed by atoms with Crippen LogP contribution in [0.3, 0.4) is 0 Å². The third-order valence-corrected chi connectivity index (χ3v) is 4.40. The number of nitrogens with zero attached hydrogens (tertiary/aromatic N) is 2. The van der Waals surface area contributed by atoms with Crippen molar-refractivity contribution < 1.29 is 18.6 Å². The molecule has 1 heterocycles. The van der Waals surface area contributed by atoms with Crippen LogP contribution in [0.25, 0.3) is 0 Å². The van der Waals surface area contributed by atoms with Crippen molar-refractivity contribution in [2.45, 2.75) is 13.8 Å². The molecule has 0 atom stereocenters. The number of aromatic hydroxyl groups is 1. The normalized spacial score (nSPS) is 10.0. The van der Waals surface area contributed by atoms with Crippen molar-refractivity contribution in [3.63, 3.8) is 0 Å². The molecule has 3 rings (SSSR count). The van der Waals surface area contributed by atoms with Crippen LogP contribution in [0.15, 0.2) is 36.4 Å². The molecule has 0 spiro atoms. The summed E-state index contributed by atoms with van der Waals surface area (Å²) in [5, 5.41) is 17.9. The Morgan fingerprint density at radius 1 is 0.966 bits per heavy atom. The van der Waals surface area contributed by atoms with E-state index in [1.54, 1.807) is 13.8 Å². The highest BCUT2D eigenvalue weighted by molar-refractivity contribution is 6.32. The second kappa shape index (κ2) is 9.75. The minimum Gasteiger partial charge on any atom is -0.504 e. The molecule has 0 unspecified atom stereocenters. The fourth-order valence-corrected chi connectivity index (χ4v) is 2.59. The average molecular weight is 458 g/mol. The Balaban J connectivity index is 0.000000253. The molecule has 1 aromatic heterocycles. The second-order valence-corrected chi connectivity index (χ2v) is 6.97. The number of rotatable bonds is 2. The van der Waals surface area contributed by atoms with E-state index in [2.05, 4.69) is 4.98 Å². The van der Waals surface area contributed by atoms with Crippen molar-refractivity contribution in [3.05, 3.63) is 79.9 Å². The van der Waals surface area contributed by atoms with Crippen molar-refractivity contribution in [2.24, 2.45) is 0 Å². The number of phenolic OH excluding ortho intramolecular Hbond substituents is 1. The van der Waals surface area contributed by atoms with E-state index in [1.165, 1.54) is 36.4 Å². The standard InChI is InChI=1S/C13H7Cl2FN2O.C7H6ClFO/c1-7-2-3-9(14)13(12(7)16)19-11-5-8(6-17)4-10(15)18-11;1-4-2-3-5(8)7(10)6(4)9/h2-5H,1H3;2-3,10H,1H3. The van der Waals surface area contributed by atoms with Gasteiger partial charge in [0.05, 0.1) is 21.7 Å². The van der Waals surface area contributed by atoms with E-state index in [0.29, 0.717) is 11.1 Å². The average Bonchev–Trinajstić information content (AvgIpc) is 2.69. The van der Waals surface area contributed by atoms with E-state index in [1.807, 2.05) is 6.07 Å². The Labute approximate surface area is 180 Å². The Kier molecular flexibility index (Phi) is 7.63. The van der Waals surface area contributed by atoms with E-state index >= 15 is 0 Å². The topological polar surface area (TPSA) is 66.1 Å². The number of aromatic nitrogens is 1. The number of nitriles is 1. The minimum atomic E-state index is -0.646. The molecule has 0 aliphatic heterocycles. The van der Waals surface area contributed by atoms with Crippen molar-refractivity contribution in [2.75, 3.05) is 0 Å². The van der Waals surface area contributed by atoms with Crippen molar-refractivity contribution in [1.82, 2.24) is 4.98 Å². The van der Waals surface area contributed by atoms with Gasteiger partial charge in [0, 0.05) is 6.07 Å². The van der Waals surface area contributed by atoms with Gasteiger partial charge in [-0.2, -0.15) is 5.26 Å². The molecule has 150 valence electrons. The molecule has 0 bridgehead atoms. The molecule has 29 heavy (non-hydrogen) atoms. The minimum absolute atomic E-state index is 0.00968. The number of ether oxygens (including phenoxy) is 1. The third kappa shape index (κ3) is 5.70. The number of phenols is 1. The molecule has 1 N–H and O–H groups in total. The molecule has 0 saturated carbocycles. The highest BCUT2D eigenvalue weighted by atomic mass is 35.5. The fourth-order valence-electron chi connectivity index (χ4n) is 2.06. The van der Waals surface area contributed by atoms with Gasteiger partial charge in [0.25, 0.3) is 0 Å². The first-order chi connectivity index (χ1) is 13.6. The summed E-state index contributed by atoms with van der Waals surface area (Å²) < 4.78 is 31.8. The van der Waals surface area contributed by atoms with Gasteiger partial charge >= 0.3 is 0 Å². The van der Waals surface area contributed by atoms with Crippen LogP contribution in [0.2, 0.25) is 15.2 Å². The maximum Gasteiger partial charge on any atom is 0.222 e. The Hall–Kier alpha value is -2.59. The number of hydrogen-bond acceptors (Lipinski definition) is 4. The molecule has 2 aromatic carbocycles. The Morgan fingerprint density at radius 2 is 1.55 bits per heavy atom. The number of aryl methyl sites for hydroxylation is 2. The van der Waals surface area contributed by atoms with Gasteiger partial charge in [0.1, 0.15) is 5.15 Å². The van der Waals surface area contributed by atoms with Crippen LogP contribution < -0.4 is 4.74 Å². The summed E-state index contributed by atoms with van der Waals surface area (Å²) in [7, 11) is 0. The highest BCUT2D eigenvalue weighted by Crippen LogP contribution is 2.33. The number of benzene rings is 2. The molecule has 0 fully saturated rings. The van der Waals surface area contributed by atoms with Crippen LogP contribution in [0.4, 0.5) is 8.78 Å². The van der Waals surface area contributed by atoms with Crippen LogP contribution in [-0.2, 0) is 0 Å². The van der Waals surface area contributed by atoms with Gasteiger partial charge in [-0.25, -0.2) is 13.8 Å². The monoisotopic (exact) mass is 456 g/mol. The van der Waals surface area contributed by atoms with Crippen LogP contribution >= 0.6 is 34.8 Å². The molecule has 0 saturated heterocycles. The summed E-state index contributed by atoms with van der Waals surface area (Å²) in [6.07, 6.45) is 0. The molecule has 9 heteroatoms. The summed E-state index contributed by atoms with van der Waals surface area (Å²) >= 11 is 17.0. The summed E-state index contributed by atoms with van der Waals surface area (Å²) in [4.78, 5) is 3.86. The van der Waals surface area contributed by atoms with E-state index in [4.69, 9.17) is 49.9 Å². The van der Waals surface area contributed by atoms with Gasteiger partial charge in [0.15, 0.2) is 23.1 Å². The number of hydrogen-bond donors (Lipinski definition) is 1. The zero-order chi connectivity index (χ0) is 21.7. The maximum atomic E-state index is 13.9. The van der Waals surface area contributed by atoms with Crippen LogP contribution in [0.5, 0.6) is 17.4 Å². The fraction of sp³-hybridized carbons (Fsp3) is 0.100. The number of halogens is 5. The predicted molar refractivity (Wildman–Crippen MR) is 108 cm³/mol. The largest absolute Gasteiger partial charge is 0.504 e. The summed E-state index contributed by atoms with van der Waals surface area (Å²) in [5.41, 5.74) is 1.04. The third-order valence-electron chi connectivity index (χ3n) is 3.61. The molecule has 0 aliphatic carbocycles. The summed E-state index contributed by atoms with van der Waals surface area (Å²) in [5.74, 6) is -1.82. The van der Waals surface area contributed by atoms with E-state index in [9.17, 15) is 8.78 Å². The zero-order valence-corrected chi connectivity index (χ0v) is 17.4. The van der Waals surface area contributed by atoms with E-state index in [0.717, 1.165) is 0 Å². The van der Waals surface area contributed by atoms with E-state index < -0.39 is 17.4 Å². The smallest absolute Gasteiger partial charge is 0.222 e. The van der Waals surface area contributed by atoms with Crippen LogP contribution in [0, 0.1) is 36.8 Å². The first-order valence-electron chi connectivity index (χ1n) is 7.97. The van der Waals surface area contributed by atoms with Gasteiger partial charge in [0.2, 0.25) is 5.88 Å². The lowest BCUT2D eigenvalue weighted by Gasteiger charge is -2.09. The molecular weight excluding hydrogens is 445 g/mol. The quantitative estimate of drug-likeness (QED) is 0.421. The maximum absolute atomic E-state index is 13.9. The van der Waals surface area contributed by atoms with Gasteiger partial charge < -0.3 is 9.84 Å². The van der Waals surface area contributed by atoms with Crippen molar-refractivity contribution >= 4 is 34.8 Å². The van der Waals surface area contributed by atoms with Gasteiger partial charge in [-0.15, -0.1) is 0 Å². The van der Waals surface area contributed by atoms with Gasteiger partial charge in [-0.3, -0.25) is 0 Å². The Morgan fingerprint density at radius 3 is 2.14 bits per heavy atom. The molecule has 3 aromatic rings. The molecule has 4 nitrogen and oxygen atoms in total.